The van der Waals surface area contributed by atoms with Gasteiger partial charge in [0.2, 0.25) is 5.91 Å². The molecule has 114 valence electrons. The van der Waals surface area contributed by atoms with Crippen molar-refractivity contribution in [2.75, 3.05) is 13.1 Å². The predicted molar refractivity (Wildman–Crippen MR) is 72.6 cm³/mol. The second-order valence-electron chi connectivity index (χ2n) is 5.17. The fraction of sp³-hybridized carbons (Fsp3) is 0.500. The lowest BCUT2D eigenvalue weighted by Gasteiger charge is -2.32. The molecule has 7 nitrogen and oxygen atoms in total. The maximum atomic E-state index is 12.3. The summed E-state index contributed by atoms with van der Waals surface area (Å²) in [5.41, 5.74) is 0.344. The van der Waals surface area contributed by atoms with E-state index in [4.69, 9.17) is 9.52 Å². The standard InChI is InChI=1S/C14H18N2O5/c1-9(15-12(17)11-4-6-21-8-11)13(18)16-5-2-3-10(7-16)14(19)20/h4,6,8-10H,2-3,5,7H2,1H3,(H,15,17)(H,19,20)/t9?,10-/m0/s1. The summed E-state index contributed by atoms with van der Waals surface area (Å²) in [6, 6.07) is 0.799. The van der Waals surface area contributed by atoms with Crippen LogP contribution in [0.1, 0.15) is 30.1 Å². The van der Waals surface area contributed by atoms with Crippen molar-refractivity contribution in [3.63, 3.8) is 0 Å². The SMILES string of the molecule is CC(NC(=O)c1ccoc1)C(=O)N1CCC[C@H](C(=O)O)C1. The van der Waals surface area contributed by atoms with E-state index in [0.29, 0.717) is 24.9 Å². The Morgan fingerprint density at radius 1 is 1.48 bits per heavy atom. The third-order valence-electron chi connectivity index (χ3n) is 3.58. The maximum Gasteiger partial charge on any atom is 0.308 e. The Labute approximate surface area is 121 Å². The van der Waals surface area contributed by atoms with Crippen LogP contribution in [0.3, 0.4) is 0 Å². The zero-order chi connectivity index (χ0) is 15.4. The number of carboxylic acid groups (broad SMARTS) is 1. The van der Waals surface area contributed by atoms with Crippen molar-refractivity contribution >= 4 is 17.8 Å². The fourth-order valence-corrected chi connectivity index (χ4v) is 2.39. The molecule has 2 amide bonds. The normalized spacial score (nSPS) is 19.9. The van der Waals surface area contributed by atoms with Gasteiger partial charge in [-0.3, -0.25) is 14.4 Å². The molecule has 1 fully saturated rings. The Kier molecular flexibility index (Phi) is 4.62. The Balaban J connectivity index is 1.92. The molecule has 1 aromatic heterocycles. The van der Waals surface area contributed by atoms with E-state index in [0.717, 1.165) is 0 Å². The van der Waals surface area contributed by atoms with Crippen LogP contribution >= 0.6 is 0 Å². The minimum Gasteiger partial charge on any atom is -0.481 e. The molecule has 2 atom stereocenters. The van der Waals surface area contributed by atoms with Crippen LogP contribution in [0.5, 0.6) is 0 Å². The number of carbonyl (C=O) groups excluding carboxylic acids is 2. The molecular weight excluding hydrogens is 276 g/mol. The number of likely N-dealkylation sites (tertiary alicyclic amines) is 1. The molecule has 2 rings (SSSR count). The van der Waals surface area contributed by atoms with Gasteiger partial charge in [-0.05, 0) is 25.8 Å². The molecule has 2 N–H and O–H groups in total. The molecule has 0 spiro atoms. The Bertz CT molecular complexity index is 525. The second-order valence-corrected chi connectivity index (χ2v) is 5.17. The van der Waals surface area contributed by atoms with Gasteiger partial charge in [-0.15, -0.1) is 0 Å². The van der Waals surface area contributed by atoms with E-state index in [1.807, 2.05) is 0 Å². The van der Waals surface area contributed by atoms with E-state index in [1.54, 1.807) is 6.92 Å². The Morgan fingerprint density at radius 2 is 2.24 bits per heavy atom. The number of piperidine rings is 1. The maximum absolute atomic E-state index is 12.3. The zero-order valence-electron chi connectivity index (χ0n) is 11.7. The first kappa shape index (κ1) is 15.1. The van der Waals surface area contributed by atoms with Crippen LogP contribution in [0.4, 0.5) is 0 Å². The summed E-state index contributed by atoms with van der Waals surface area (Å²) in [6.45, 7) is 2.30. The highest BCUT2D eigenvalue weighted by atomic mass is 16.4. The van der Waals surface area contributed by atoms with Crippen molar-refractivity contribution < 1.29 is 23.9 Å². The average Bonchev–Trinajstić information content (AvgIpc) is 3.00. The number of amides is 2. The number of hydrogen-bond acceptors (Lipinski definition) is 4. The first-order chi connectivity index (χ1) is 9.99. The lowest BCUT2D eigenvalue weighted by atomic mass is 9.98. The topological polar surface area (TPSA) is 99.9 Å². The first-order valence-corrected chi connectivity index (χ1v) is 6.83. The molecule has 1 aliphatic heterocycles. The van der Waals surface area contributed by atoms with Crippen molar-refractivity contribution in [1.29, 1.82) is 0 Å². The minimum absolute atomic E-state index is 0.195. The number of nitrogens with zero attached hydrogens (tertiary/aromatic N) is 1. The summed E-state index contributed by atoms with van der Waals surface area (Å²) in [7, 11) is 0. The van der Waals surface area contributed by atoms with Crippen LogP contribution in [0.2, 0.25) is 0 Å². The molecule has 0 saturated carbocycles. The van der Waals surface area contributed by atoms with Crippen molar-refractivity contribution in [2.24, 2.45) is 5.92 Å². The summed E-state index contributed by atoms with van der Waals surface area (Å²) >= 11 is 0. The number of furan rings is 1. The van der Waals surface area contributed by atoms with Gasteiger partial charge in [-0.25, -0.2) is 0 Å². The van der Waals surface area contributed by atoms with Crippen LogP contribution in [-0.2, 0) is 9.59 Å². The van der Waals surface area contributed by atoms with Crippen LogP contribution in [0, 0.1) is 5.92 Å². The van der Waals surface area contributed by atoms with Gasteiger partial charge >= 0.3 is 5.97 Å². The molecule has 1 aliphatic rings. The van der Waals surface area contributed by atoms with Crippen molar-refractivity contribution in [1.82, 2.24) is 10.2 Å². The first-order valence-electron chi connectivity index (χ1n) is 6.83. The quantitative estimate of drug-likeness (QED) is 0.852. The van der Waals surface area contributed by atoms with Gasteiger partial charge in [0.1, 0.15) is 12.3 Å². The highest BCUT2D eigenvalue weighted by Crippen LogP contribution is 2.17. The highest BCUT2D eigenvalue weighted by Gasteiger charge is 2.30. The van der Waals surface area contributed by atoms with Crippen LogP contribution in [0.15, 0.2) is 23.0 Å². The van der Waals surface area contributed by atoms with E-state index < -0.39 is 23.8 Å². The number of hydrogen-bond donors (Lipinski definition) is 2. The van der Waals surface area contributed by atoms with Crippen LogP contribution in [0.25, 0.3) is 0 Å². The van der Waals surface area contributed by atoms with Gasteiger partial charge in [0.25, 0.3) is 5.91 Å². The van der Waals surface area contributed by atoms with Crippen LogP contribution < -0.4 is 5.32 Å². The van der Waals surface area contributed by atoms with Crippen molar-refractivity contribution in [2.45, 2.75) is 25.8 Å². The number of carbonyl (C=O) groups is 3. The summed E-state index contributed by atoms with van der Waals surface area (Å²) in [6.07, 6.45) is 3.91. The van der Waals surface area contributed by atoms with Gasteiger partial charge in [0.05, 0.1) is 17.7 Å². The number of rotatable bonds is 4. The summed E-state index contributed by atoms with van der Waals surface area (Å²) < 4.78 is 4.81. The van der Waals surface area contributed by atoms with Gasteiger partial charge in [-0.1, -0.05) is 0 Å². The highest BCUT2D eigenvalue weighted by molar-refractivity contribution is 5.97. The number of aliphatic carboxylic acids is 1. The third-order valence-corrected chi connectivity index (χ3v) is 3.58. The molecule has 21 heavy (non-hydrogen) atoms. The Morgan fingerprint density at radius 3 is 2.86 bits per heavy atom. The molecule has 0 aromatic carbocycles. The van der Waals surface area contributed by atoms with Gasteiger partial charge in [0, 0.05) is 13.1 Å². The number of nitrogens with one attached hydrogen (secondary N) is 1. The van der Waals surface area contributed by atoms with Gasteiger partial charge < -0.3 is 19.7 Å². The molecular formula is C14H18N2O5. The summed E-state index contributed by atoms with van der Waals surface area (Å²) in [4.78, 5) is 36.6. The molecule has 7 heteroatoms. The average molecular weight is 294 g/mol. The minimum atomic E-state index is -0.886. The zero-order valence-corrected chi connectivity index (χ0v) is 11.7. The molecule has 0 aliphatic carbocycles. The van der Waals surface area contributed by atoms with Crippen molar-refractivity contribution in [3.8, 4) is 0 Å². The Hall–Kier alpha value is -2.31. The van der Waals surface area contributed by atoms with E-state index in [1.165, 1.54) is 23.5 Å². The molecule has 2 heterocycles. The molecule has 0 radical (unpaired) electrons. The van der Waals surface area contributed by atoms with E-state index in [2.05, 4.69) is 5.32 Å². The lowest BCUT2D eigenvalue weighted by Crippen LogP contribution is -2.50. The van der Waals surface area contributed by atoms with E-state index >= 15 is 0 Å². The summed E-state index contributed by atoms with van der Waals surface area (Å²) in [5, 5.41) is 11.6. The molecule has 1 unspecified atom stereocenters. The molecule has 1 aromatic rings. The fourth-order valence-electron chi connectivity index (χ4n) is 2.39. The van der Waals surface area contributed by atoms with Crippen molar-refractivity contribution in [3.05, 3.63) is 24.2 Å². The smallest absolute Gasteiger partial charge is 0.308 e. The lowest BCUT2D eigenvalue weighted by molar-refractivity contribution is -0.146. The van der Waals surface area contributed by atoms with Gasteiger partial charge in [0.15, 0.2) is 0 Å². The largest absolute Gasteiger partial charge is 0.481 e. The third kappa shape index (κ3) is 3.62. The summed E-state index contributed by atoms with van der Waals surface area (Å²) in [5.74, 6) is -2.07. The monoisotopic (exact) mass is 294 g/mol. The predicted octanol–water partition coefficient (Wildman–Crippen LogP) is 0.721. The van der Waals surface area contributed by atoms with E-state index in [-0.39, 0.29) is 12.5 Å². The second kappa shape index (κ2) is 6.43. The molecule has 1 saturated heterocycles. The number of carboxylic acids is 1. The van der Waals surface area contributed by atoms with Gasteiger partial charge in [-0.2, -0.15) is 0 Å². The van der Waals surface area contributed by atoms with Crippen LogP contribution in [-0.4, -0.2) is 46.9 Å². The van der Waals surface area contributed by atoms with E-state index in [9.17, 15) is 14.4 Å². The molecule has 0 bridgehead atoms.